The van der Waals surface area contributed by atoms with E-state index in [1.165, 1.54) is 5.56 Å². The lowest BCUT2D eigenvalue weighted by molar-refractivity contribution is 0.102. The highest BCUT2D eigenvalue weighted by Gasteiger charge is 2.15. The van der Waals surface area contributed by atoms with Crippen LogP contribution in [-0.2, 0) is 12.0 Å². The molecule has 0 heterocycles. The highest BCUT2D eigenvalue weighted by atomic mass is 32.2. The Morgan fingerprint density at radius 1 is 0.838 bits per heavy atom. The van der Waals surface area contributed by atoms with Gasteiger partial charge in [-0.3, -0.25) is 4.79 Å². The molecular formula is C32H33NO3S. The van der Waals surface area contributed by atoms with Crippen LogP contribution in [0.5, 0.6) is 11.5 Å². The molecule has 4 aromatic carbocycles. The zero-order chi connectivity index (χ0) is 26.3. The predicted molar refractivity (Wildman–Crippen MR) is 152 cm³/mol. The van der Waals surface area contributed by atoms with Crippen LogP contribution in [-0.4, -0.2) is 12.5 Å². The third-order valence-electron chi connectivity index (χ3n) is 5.84. The molecular weight excluding hydrogens is 478 g/mol. The average molecular weight is 512 g/mol. The summed E-state index contributed by atoms with van der Waals surface area (Å²) in [5, 5.41) is 3.08. The second-order valence-corrected chi connectivity index (χ2v) is 10.8. The second-order valence-electron chi connectivity index (χ2n) is 9.68. The summed E-state index contributed by atoms with van der Waals surface area (Å²) in [5.41, 5.74) is 3.47. The molecule has 190 valence electrons. The third kappa shape index (κ3) is 7.17. The van der Waals surface area contributed by atoms with E-state index in [2.05, 4.69) is 50.4 Å². The van der Waals surface area contributed by atoms with Gasteiger partial charge in [0.05, 0.1) is 12.3 Å². The third-order valence-corrected chi connectivity index (χ3v) is 6.93. The van der Waals surface area contributed by atoms with Crippen LogP contribution in [0.25, 0.3) is 0 Å². The van der Waals surface area contributed by atoms with Crippen molar-refractivity contribution in [3.63, 3.8) is 0 Å². The summed E-state index contributed by atoms with van der Waals surface area (Å²) in [5.74, 6) is 1.31. The van der Waals surface area contributed by atoms with Gasteiger partial charge in [0, 0.05) is 20.9 Å². The lowest BCUT2D eigenvalue weighted by Gasteiger charge is -2.19. The Bertz CT molecular complexity index is 1330. The van der Waals surface area contributed by atoms with Crippen LogP contribution in [0, 0.1) is 0 Å². The van der Waals surface area contributed by atoms with Crippen molar-refractivity contribution in [1.29, 1.82) is 0 Å². The molecule has 0 saturated carbocycles. The van der Waals surface area contributed by atoms with Crippen LogP contribution in [0.15, 0.2) is 107 Å². The molecule has 0 bridgehead atoms. The lowest BCUT2D eigenvalue weighted by atomic mass is 9.87. The summed E-state index contributed by atoms with van der Waals surface area (Å²) < 4.78 is 11.9. The first-order chi connectivity index (χ1) is 17.8. The van der Waals surface area contributed by atoms with Gasteiger partial charge in [-0.15, -0.1) is 0 Å². The molecule has 0 aliphatic heterocycles. The van der Waals surface area contributed by atoms with Crippen molar-refractivity contribution in [1.82, 2.24) is 0 Å². The Hall–Kier alpha value is -3.70. The van der Waals surface area contributed by atoms with Crippen molar-refractivity contribution in [3.8, 4) is 11.5 Å². The zero-order valence-electron chi connectivity index (χ0n) is 21.8. The van der Waals surface area contributed by atoms with Crippen LogP contribution in [0.3, 0.4) is 0 Å². The molecule has 37 heavy (non-hydrogen) atoms. The number of rotatable bonds is 9. The number of anilines is 1. The molecule has 1 amide bonds. The van der Waals surface area contributed by atoms with Gasteiger partial charge in [0.1, 0.15) is 18.1 Å². The fraction of sp³-hybridized carbons (Fsp3) is 0.219. The number of nitrogens with one attached hydrogen (secondary N) is 1. The van der Waals surface area contributed by atoms with E-state index in [4.69, 9.17) is 9.47 Å². The highest BCUT2D eigenvalue weighted by Crippen LogP contribution is 2.33. The smallest absolute Gasteiger partial charge is 0.255 e. The number of hydrogen-bond donors (Lipinski definition) is 1. The standard InChI is InChI=1S/C32H33NO3S/c1-5-35-29-20-15-23(21-24(29)22-36-26-18-16-25(17-19-26)32(2,3)4)31(34)33-28-13-9-10-14-30(28)37-27-11-7-6-8-12-27/h6-21H,5,22H2,1-4H3,(H,33,34). The Morgan fingerprint density at radius 3 is 2.24 bits per heavy atom. The van der Waals surface area contributed by atoms with Crippen LogP contribution >= 0.6 is 11.8 Å². The van der Waals surface area contributed by atoms with Crippen LogP contribution in [0.1, 0.15) is 49.2 Å². The maximum Gasteiger partial charge on any atom is 0.255 e. The molecule has 4 aromatic rings. The SMILES string of the molecule is CCOc1ccc(C(=O)Nc2ccccc2Sc2ccccc2)cc1COc1ccc(C(C)(C)C)cc1. The Balaban J connectivity index is 1.50. The van der Waals surface area contributed by atoms with Gasteiger partial charge in [-0.1, -0.05) is 75.0 Å². The maximum atomic E-state index is 13.2. The van der Waals surface area contributed by atoms with Gasteiger partial charge in [0.2, 0.25) is 0 Å². The first-order valence-electron chi connectivity index (χ1n) is 12.5. The molecule has 0 unspecified atom stereocenters. The molecule has 0 spiro atoms. The Morgan fingerprint density at radius 2 is 1.54 bits per heavy atom. The first kappa shape index (κ1) is 26.4. The minimum atomic E-state index is -0.181. The largest absolute Gasteiger partial charge is 0.493 e. The molecule has 5 heteroatoms. The number of hydrogen-bond acceptors (Lipinski definition) is 4. The molecule has 0 radical (unpaired) electrons. The Kier molecular flexibility index (Phi) is 8.57. The topological polar surface area (TPSA) is 47.6 Å². The van der Waals surface area contributed by atoms with E-state index in [0.29, 0.717) is 24.5 Å². The monoisotopic (exact) mass is 511 g/mol. The normalized spacial score (nSPS) is 11.1. The van der Waals surface area contributed by atoms with Crippen LogP contribution in [0.2, 0.25) is 0 Å². The summed E-state index contributed by atoms with van der Waals surface area (Å²) in [4.78, 5) is 15.3. The molecule has 4 nitrogen and oxygen atoms in total. The molecule has 0 aromatic heterocycles. The average Bonchev–Trinajstić information content (AvgIpc) is 2.89. The minimum absolute atomic E-state index is 0.0839. The summed E-state index contributed by atoms with van der Waals surface area (Å²) in [7, 11) is 0. The van der Waals surface area contributed by atoms with Gasteiger partial charge in [-0.05, 0) is 72.5 Å². The van der Waals surface area contributed by atoms with Crippen molar-refractivity contribution < 1.29 is 14.3 Å². The Labute approximate surface area is 224 Å². The van der Waals surface area contributed by atoms with E-state index in [-0.39, 0.29) is 11.3 Å². The van der Waals surface area contributed by atoms with Gasteiger partial charge in [0.15, 0.2) is 0 Å². The number of carbonyl (C=O) groups is 1. The zero-order valence-corrected chi connectivity index (χ0v) is 22.6. The van der Waals surface area contributed by atoms with Gasteiger partial charge in [-0.2, -0.15) is 0 Å². The fourth-order valence-electron chi connectivity index (χ4n) is 3.81. The van der Waals surface area contributed by atoms with E-state index in [9.17, 15) is 4.79 Å². The van der Waals surface area contributed by atoms with Crippen molar-refractivity contribution in [2.24, 2.45) is 0 Å². The minimum Gasteiger partial charge on any atom is -0.493 e. The summed E-state index contributed by atoms with van der Waals surface area (Å²) in [6, 6.07) is 31.6. The van der Waals surface area contributed by atoms with Gasteiger partial charge in [-0.25, -0.2) is 0 Å². The fourth-order valence-corrected chi connectivity index (χ4v) is 4.73. The summed E-state index contributed by atoms with van der Waals surface area (Å²) >= 11 is 1.62. The lowest BCUT2D eigenvalue weighted by Crippen LogP contribution is -2.13. The van der Waals surface area contributed by atoms with Gasteiger partial charge >= 0.3 is 0 Å². The number of ether oxygens (including phenoxy) is 2. The van der Waals surface area contributed by atoms with Gasteiger partial charge < -0.3 is 14.8 Å². The summed E-state index contributed by atoms with van der Waals surface area (Å²) in [6.45, 7) is 9.33. The van der Waals surface area contributed by atoms with Crippen molar-refractivity contribution in [2.75, 3.05) is 11.9 Å². The highest BCUT2D eigenvalue weighted by molar-refractivity contribution is 7.99. The second kappa shape index (κ2) is 12.0. The van der Waals surface area contributed by atoms with Crippen molar-refractivity contribution in [3.05, 3.63) is 114 Å². The predicted octanol–water partition coefficient (Wildman–Crippen LogP) is 8.37. The number of carbonyl (C=O) groups excluding carboxylic acids is 1. The molecule has 0 saturated heterocycles. The molecule has 0 aliphatic rings. The van der Waals surface area contributed by atoms with Gasteiger partial charge in [0.25, 0.3) is 5.91 Å². The molecule has 1 N–H and O–H groups in total. The summed E-state index contributed by atoms with van der Waals surface area (Å²) in [6.07, 6.45) is 0. The van der Waals surface area contributed by atoms with Crippen LogP contribution in [0.4, 0.5) is 5.69 Å². The maximum absolute atomic E-state index is 13.2. The quantitative estimate of drug-likeness (QED) is 0.245. The van der Waals surface area contributed by atoms with E-state index in [0.717, 1.165) is 26.8 Å². The van der Waals surface area contributed by atoms with E-state index >= 15 is 0 Å². The van der Waals surface area contributed by atoms with E-state index in [1.807, 2.05) is 73.7 Å². The molecule has 0 fully saturated rings. The number of amides is 1. The number of benzene rings is 4. The van der Waals surface area contributed by atoms with Crippen molar-refractivity contribution >= 4 is 23.4 Å². The van der Waals surface area contributed by atoms with Crippen LogP contribution < -0.4 is 14.8 Å². The first-order valence-corrected chi connectivity index (χ1v) is 13.3. The van der Waals surface area contributed by atoms with E-state index in [1.54, 1.807) is 17.8 Å². The van der Waals surface area contributed by atoms with Crippen molar-refractivity contribution in [2.45, 2.75) is 49.5 Å². The molecule has 4 rings (SSSR count). The molecule has 0 aliphatic carbocycles. The molecule has 0 atom stereocenters. The number of para-hydroxylation sites is 1. The van der Waals surface area contributed by atoms with E-state index < -0.39 is 0 Å².